The summed E-state index contributed by atoms with van der Waals surface area (Å²) in [6.45, 7) is 9.68. The topological polar surface area (TPSA) is 29.5 Å². The van der Waals surface area contributed by atoms with E-state index in [0.717, 1.165) is 0 Å². The molecule has 5 unspecified atom stereocenters. The number of rotatable bonds is 6. The van der Waals surface area contributed by atoms with E-state index in [0.29, 0.717) is 30.3 Å². The van der Waals surface area contributed by atoms with E-state index in [4.69, 9.17) is 4.43 Å². The molecular formula is C27H36O2Si. The fourth-order valence-electron chi connectivity index (χ4n) is 6.08. The molecule has 5 rings (SSSR count). The third-order valence-corrected chi connectivity index (χ3v) is 12.4. The third kappa shape index (κ3) is 3.72. The van der Waals surface area contributed by atoms with Gasteiger partial charge < -0.3 is 9.53 Å². The van der Waals surface area contributed by atoms with Crippen LogP contribution in [0.15, 0.2) is 72.8 Å². The zero-order valence-corrected chi connectivity index (χ0v) is 19.8. The highest BCUT2D eigenvalue weighted by Crippen LogP contribution is 2.47. The first-order chi connectivity index (χ1) is 14.3. The van der Waals surface area contributed by atoms with E-state index in [1.54, 1.807) is 0 Å². The molecule has 3 aliphatic carbocycles. The van der Waals surface area contributed by atoms with Gasteiger partial charge in [-0.3, -0.25) is 0 Å². The van der Waals surface area contributed by atoms with Gasteiger partial charge in [0.2, 0.25) is 0 Å². The van der Waals surface area contributed by atoms with Gasteiger partial charge in [-0.1, -0.05) is 93.6 Å². The zero-order valence-electron chi connectivity index (χ0n) is 18.8. The summed E-state index contributed by atoms with van der Waals surface area (Å²) < 4.78 is 7.23. The predicted octanol–water partition coefficient (Wildman–Crippen LogP) is 4.77. The molecule has 0 radical (unpaired) electrons. The second-order valence-electron chi connectivity index (χ2n) is 10.2. The van der Waals surface area contributed by atoms with Crippen molar-refractivity contribution in [3.8, 4) is 0 Å². The molecule has 1 fully saturated rings. The molecule has 0 saturated heterocycles. The second-order valence-corrected chi connectivity index (χ2v) is 14.6. The van der Waals surface area contributed by atoms with Gasteiger partial charge in [-0.2, -0.15) is 0 Å². The summed E-state index contributed by atoms with van der Waals surface area (Å²) in [6, 6.07) is 21.7. The van der Waals surface area contributed by atoms with Crippen molar-refractivity contribution >= 4 is 18.7 Å². The SMILES string of the molecule is CC(O)C1C2C=CC(CC2)C1CO[Si](c1ccccc1)(c1ccccc1)C(C)(C)C. The summed E-state index contributed by atoms with van der Waals surface area (Å²) in [4.78, 5) is 0. The molecule has 0 heterocycles. The lowest BCUT2D eigenvalue weighted by molar-refractivity contribution is -0.0122. The van der Waals surface area contributed by atoms with Crippen LogP contribution >= 0.6 is 0 Å². The first-order valence-corrected chi connectivity index (χ1v) is 13.4. The number of aliphatic hydroxyl groups excluding tert-OH is 1. The van der Waals surface area contributed by atoms with Gasteiger partial charge in [-0.05, 0) is 58.8 Å². The molecule has 2 bridgehead atoms. The summed E-state index contributed by atoms with van der Waals surface area (Å²) in [5, 5.41) is 13.3. The Hall–Kier alpha value is -1.68. The summed E-state index contributed by atoms with van der Waals surface area (Å²) >= 11 is 0. The molecule has 0 spiro atoms. The molecule has 0 aliphatic heterocycles. The van der Waals surface area contributed by atoms with Crippen LogP contribution in [-0.2, 0) is 4.43 Å². The Labute approximate surface area is 183 Å². The van der Waals surface area contributed by atoms with E-state index in [2.05, 4.69) is 93.6 Å². The smallest absolute Gasteiger partial charge is 0.261 e. The largest absolute Gasteiger partial charge is 0.407 e. The number of benzene rings is 2. The molecule has 30 heavy (non-hydrogen) atoms. The molecule has 1 saturated carbocycles. The minimum absolute atomic E-state index is 0.0143. The Bertz CT molecular complexity index is 814. The normalized spacial score (nSPS) is 27.2. The standard InChI is InChI=1S/C27H36O2Si/c1-20(28)26-22-17-15-21(16-18-22)25(26)19-29-30(27(2,3)4,23-11-7-5-8-12-23)24-13-9-6-10-14-24/h5-15,17,20-22,25-26,28H,16,18-19H2,1-4H3. The maximum atomic E-state index is 10.6. The maximum absolute atomic E-state index is 10.6. The molecule has 0 amide bonds. The van der Waals surface area contributed by atoms with Crippen molar-refractivity contribution in [2.45, 2.75) is 51.7 Å². The van der Waals surface area contributed by atoms with Gasteiger partial charge in [0.15, 0.2) is 0 Å². The Morgan fingerprint density at radius 1 is 0.900 bits per heavy atom. The van der Waals surface area contributed by atoms with Crippen molar-refractivity contribution in [3.63, 3.8) is 0 Å². The minimum Gasteiger partial charge on any atom is -0.407 e. The molecule has 3 heteroatoms. The van der Waals surface area contributed by atoms with Gasteiger partial charge in [-0.15, -0.1) is 0 Å². The van der Waals surface area contributed by atoms with E-state index in [1.165, 1.54) is 23.2 Å². The number of allylic oxidation sites excluding steroid dienone is 2. The van der Waals surface area contributed by atoms with Gasteiger partial charge in [-0.25, -0.2) is 0 Å². The Kier molecular flexibility index (Phi) is 6.07. The van der Waals surface area contributed by atoms with Crippen molar-refractivity contribution < 1.29 is 9.53 Å². The quantitative estimate of drug-likeness (QED) is 0.539. The van der Waals surface area contributed by atoms with Crippen LogP contribution in [0, 0.1) is 23.7 Å². The van der Waals surface area contributed by atoms with Gasteiger partial charge in [0, 0.05) is 6.61 Å². The van der Waals surface area contributed by atoms with Crippen LogP contribution in [0.4, 0.5) is 0 Å². The fourth-order valence-corrected chi connectivity index (χ4v) is 10.7. The highest BCUT2D eigenvalue weighted by Gasteiger charge is 2.52. The van der Waals surface area contributed by atoms with E-state index in [-0.39, 0.29) is 11.1 Å². The molecule has 2 aromatic rings. The molecule has 2 aromatic carbocycles. The zero-order chi connectivity index (χ0) is 21.4. The van der Waals surface area contributed by atoms with Crippen molar-refractivity contribution in [3.05, 3.63) is 72.8 Å². The van der Waals surface area contributed by atoms with E-state index in [1.807, 2.05) is 6.92 Å². The summed E-state index contributed by atoms with van der Waals surface area (Å²) in [7, 11) is -2.53. The molecule has 2 nitrogen and oxygen atoms in total. The lowest BCUT2D eigenvalue weighted by Crippen LogP contribution is -2.67. The van der Waals surface area contributed by atoms with Crippen LogP contribution in [0.1, 0.15) is 40.5 Å². The Morgan fingerprint density at radius 3 is 1.83 bits per heavy atom. The first kappa shape index (κ1) is 21.5. The van der Waals surface area contributed by atoms with Crippen molar-refractivity contribution in [1.82, 2.24) is 0 Å². The number of hydrogen-bond donors (Lipinski definition) is 1. The summed E-state index contributed by atoms with van der Waals surface area (Å²) in [6.07, 6.45) is 6.87. The number of hydrogen-bond acceptors (Lipinski definition) is 2. The van der Waals surface area contributed by atoms with E-state index < -0.39 is 8.32 Å². The minimum atomic E-state index is -2.53. The van der Waals surface area contributed by atoms with Crippen molar-refractivity contribution in [2.24, 2.45) is 23.7 Å². The van der Waals surface area contributed by atoms with Gasteiger partial charge in [0.05, 0.1) is 6.10 Å². The molecule has 3 aliphatic rings. The molecule has 1 N–H and O–H groups in total. The number of aliphatic hydroxyl groups is 1. The van der Waals surface area contributed by atoms with Gasteiger partial charge >= 0.3 is 0 Å². The van der Waals surface area contributed by atoms with Crippen LogP contribution in [0.5, 0.6) is 0 Å². The maximum Gasteiger partial charge on any atom is 0.261 e. The first-order valence-electron chi connectivity index (χ1n) is 11.5. The summed E-state index contributed by atoms with van der Waals surface area (Å²) in [5.41, 5.74) is 0. The molecule has 5 atom stereocenters. The van der Waals surface area contributed by atoms with Crippen LogP contribution in [0.3, 0.4) is 0 Å². The number of fused-ring (bicyclic) bond motifs is 2. The van der Waals surface area contributed by atoms with Crippen LogP contribution in [-0.4, -0.2) is 26.1 Å². The second kappa shape index (κ2) is 8.45. The van der Waals surface area contributed by atoms with Gasteiger partial charge in [0.1, 0.15) is 0 Å². The third-order valence-electron chi connectivity index (χ3n) is 7.44. The fraction of sp³-hybridized carbons (Fsp3) is 0.481. The monoisotopic (exact) mass is 420 g/mol. The molecular weight excluding hydrogens is 384 g/mol. The highest BCUT2D eigenvalue weighted by molar-refractivity contribution is 6.99. The Morgan fingerprint density at radius 2 is 1.40 bits per heavy atom. The predicted molar refractivity (Wildman–Crippen MR) is 128 cm³/mol. The van der Waals surface area contributed by atoms with Crippen LogP contribution in [0.25, 0.3) is 0 Å². The average Bonchev–Trinajstić information content (AvgIpc) is 2.75. The molecule has 160 valence electrons. The van der Waals surface area contributed by atoms with E-state index >= 15 is 0 Å². The Balaban J connectivity index is 1.75. The van der Waals surface area contributed by atoms with Gasteiger partial charge in [0.25, 0.3) is 8.32 Å². The van der Waals surface area contributed by atoms with Crippen LogP contribution in [0.2, 0.25) is 5.04 Å². The summed E-state index contributed by atoms with van der Waals surface area (Å²) in [5.74, 6) is 1.69. The van der Waals surface area contributed by atoms with Crippen LogP contribution < -0.4 is 10.4 Å². The average molecular weight is 421 g/mol. The van der Waals surface area contributed by atoms with Crippen molar-refractivity contribution in [1.29, 1.82) is 0 Å². The molecule has 0 aromatic heterocycles. The van der Waals surface area contributed by atoms with E-state index in [9.17, 15) is 5.11 Å². The lowest BCUT2D eigenvalue weighted by atomic mass is 9.61. The van der Waals surface area contributed by atoms with Crippen molar-refractivity contribution in [2.75, 3.05) is 6.61 Å². The lowest BCUT2D eigenvalue weighted by Gasteiger charge is -2.49. The highest BCUT2D eigenvalue weighted by atomic mass is 28.4.